The quantitative estimate of drug-likeness (QED) is 0.767. The summed E-state index contributed by atoms with van der Waals surface area (Å²) in [7, 11) is 1.48. The molecule has 0 unspecified atom stereocenters. The number of anilines is 1. The van der Waals surface area contributed by atoms with Crippen molar-refractivity contribution in [2.75, 3.05) is 12.8 Å². The van der Waals surface area contributed by atoms with Crippen LogP contribution in [0.2, 0.25) is 5.02 Å². The van der Waals surface area contributed by atoms with Gasteiger partial charge in [-0.25, -0.2) is 0 Å². The van der Waals surface area contributed by atoms with Crippen LogP contribution < -0.4 is 10.5 Å². The van der Waals surface area contributed by atoms with Gasteiger partial charge in [0.15, 0.2) is 11.5 Å². The molecule has 5 nitrogen and oxygen atoms in total. The first-order valence-corrected chi connectivity index (χ1v) is 5.29. The van der Waals surface area contributed by atoms with E-state index in [1.165, 1.54) is 7.11 Å². The minimum absolute atomic E-state index is 0.0121. The molecule has 0 radical (unpaired) electrons. The predicted octanol–water partition coefficient (Wildman–Crippen LogP) is 2.33. The minimum Gasteiger partial charge on any atom is -0.504 e. The van der Waals surface area contributed by atoms with Crippen LogP contribution >= 0.6 is 11.6 Å². The Morgan fingerprint density at radius 2 is 2.18 bits per heavy atom. The van der Waals surface area contributed by atoms with Crippen LogP contribution in [0.3, 0.4) is 0 Å². The summed E-state index contributed by atoms with van der Waals surface area (Å²) in [5, 5.41) is 17.1. The van der Waals surface area contributed by atoms with Crippen LogP contribution in [0.1, 0.15) is 5.56 Å². The summed E-state index contributed by atoms with van der Waals surface area (Å²) in [6, 6.07) is 3.25. The number of nitrogens with one attached hydrogen (secondary N) is 1. The Morgan fingerprint density at radius 1 is 1.47 bits per heavy atom. The molecule has 90 valence electrons. The molecule has 0 saturated heterocycles. The highest BCUT2D eigenvalue weighted by molar-refractivity contribution is 6.32. The van der Waals surface area contributed by atoms with Gasteiger partial charge < -0.3 is 15.6 Å². The van der Waals surface area contributed by atoms with Crippen molar-refractivity contribution < 1.29 is 9.84 Å². The number of nitrogen functional groups attached to an aromatic ring is 1. The summed E-state index contributed by atoms with van der Waals surface area (Å²) in [4.78, 5) is 0. The monoisotopic (exact) mass is 253 g/mol. The second-order valence-corrected chi connectivity index (χ2v) is 4.03. The molecular formula is C11H12ClN3O2. The lowest BCUT2D eigenvalue weighted by atomic mass is 10.1. The maximum Gasteiger partial charge on any atom is 0.167 e. The Labute approximate surface area is 103 Å². The second-order valence-electron chi connectivity index (χ2n) is 3.62. The lowest BCUT2D eigenvalue weighted by Gasteiger charge is -2.12. The first-order chi connectivity index (χ1) is 8.04. The number of rotatable bonds is 2. The number of aromatic amines is 1. The molecule has 2 aromatic rings. The molecule has 6 heteroatoms. The van der Waals surface area contributed by atoms with Gasteiger partial charge in [0.1, 0.15) is 5.82 Å². The van der Waals surface area contributed by atoms with E-state index in [4.69, 9.17) is 22.1 Å². The van der Waals surface area contributed by atoms with Crippen molar-refractivity contribution in [1.29, 1.82) is 0 Å². The number of hydrogen-bond acceptors (Lipinski definition) is 4. The first kappa shape index (κ1) is 11.6. The van der Waals surface area contributed by atoms with Crippen LogP contribution in [0, 0.1) is 6.92 Å². The molecular weight excluding hydrogens is 242 g/mol. The molecule has 1 heterocycles. The lowest BCUT2D eigenvalue weighted by Crippen LogP contribution is -1.91. The van der Waals surface area contributed by atoms with Crippen LogP contribution in [0.5, 0.6) is 11.5 Å². The SMILES string of the molecule is COc1c(C)c(Cl)cc(-c2cc(N)n[nH]2)c1O. The van der Waals surface area contributed by atoms with Crippen molar-refractivity contribution >= 4 is 17.4 Å². The lowest BCUT2D eigenvalue weighted by molar-refractivity contribution is 0.372. The van der Waals surface area contributed by atoms with Crippen molar-refractivity contribution in [2.45, 2.75) is 6.92 Å². The molecule has 1 aromatic carbocycles. The molecule has 0 saturated carbocycles. The molecule has 17 heavy (non-hydrogen) atoms. The van der Waals surface area contributed by atoms with Gasteiger partial charge in [0.25, 0.3) is 0 Å². The van der Waals surface area contributed by atoms with Gasteiger partial charge in [-0.05, 0) is 13.0 Å². The van der Waals surface area contributed by atoms with Crippen LogP contribution in [0.25, 0.3) is 11.3 Å². The van der Waals surface area contributed by atoms with E-state index in [2.05, 4.69) is 10.2 Å². The molecule has 1 aromatic heterocycles. The number of aromatic nitrogens is 2. The van der Waals surface area contributed by atoms with Crippen molar-refractivity contribution in [1.82, 2.24) is 10.2 Å². The number of nitrogens with zero attached hydrogens (tertiary/aromatic N) is 1. The Morgan fingerprint density at radius 3 is 2.71 bits per heavy atom. The van der Waals surface area contributed by atoms with Gasteiger partial charge >= 0.3 is 0 Å². The van der Waals surface area contributed by atoms with E-state index in [0.717, 1.165) is 0 Å². The highest BCUT2D eigenvalue weighted by atomic mass is 35.5. The molecule has 0 fully saturated rings. The summed E-state index contributed by atoms with van der Waals surface area (Å²) in [6.07, 6.45) is 0. The average molecular weight is 254 g/mol. The third kappa shape index (κ3) is 1.89. The number of halogens is 1. The number of aromatic hydroxyl groups is 1. The largest absolute Gasteiger partial charge is 0.504 e. The molecule has 0 atom stereocenters. The number of hydrogen-bond donors (Lipinski definition) is 3. The van der Waals surface area contributed by atoms with Crippen molar-refractivity contribution in [3.63, 3.8) is 0 Å². The number of H-pyrrole nitrogens is 1. The van der Waals surface area contributed by atoms with Gasteiger partial charge in [0.05, 0.1) is 12.8 Å². The van der Waals surface area contributed by atoms with Gasteiger partial charge in [0.2, 0.25) is 0 Å². The smallest absolute Gasteiger partial charge is 0.167 e. The fraction of sp³-hybridized carbons (Fsp3) is 0.182. The molecule has 0 aliphatic carbocycles. The Bertz CT molecular complexity index is 566. The van der Waals surface area contributed by atoms with Crippen LogP contribution in [0.4, 0.5) is 5.82 Å². The van der Waals surface area contributed by atoms with E-state index in [1.54, 1.807) is 19.1 Å². The van der Waals surface area contributed by atoms with E-state index in [0.29, 0.717) is 33.4 Å². The predicted molar refractivity (Wildman–Crippen MR) is 66.4 cm³/mol. The number of nitrogens with two attached hydrogens (primary N) is 1. The molecule has 0 bridgehead atoms. The van der Waals surface area contributed by atoms with Gasteiger partial charge in [-0.1, -0.05) is 11.6 Å². The summed E-state index contributed by atoms with van der Waals surface area (Å²) >= 11 is 6.07. The second kappa shape index (κ2) is 4.18. The molecule has 4 N–H and O–H groups in total. The number of ether oxygens (including phenoxy) is 1. The number of phenols is 1. The topological polar surface area (TPSA) is 84.2 Å². The van der Waals surface area contributed by atoms with Crippen molar-refractivity contribution in [2.24, 2.45) is 0 Å². The summed E-state index contributed by atoms with van der Waals surface area (Å²) in [5.74, 6) is 0.703. The normalized spacial score (nSPS) is 10.5. The fourth-order valence-corrected chi connectivity index (χ4v) is 1.84. The third-order valence-corrected chi connectivity index (χ3v) is 2.92. The van der Waals surface area contributed by atoms with E-state index in [-0.39, 0.29) is 5.75 Å². The minimum atomic E-state index is 0.0121. The highest BCUT2D eigenvalue weighted by Gasteiger charge is 2.17. The summed E-state index contributed by atoms with van der Waals surface area (Å²) in [6.45, 7) is 1.77. The van der Waals surface area contributed by atoms with Gasteiger partial charge in [-0.3, -0.25) is 5.10 Å². The zero-order valence-corrected chi connectivity index (χ0v) is 10.2. The Balaban J connectivity index is 2.67. The van der Waals surface area contributed by atoms with E-state index in [1.807, 2.05) is 0 Å². The van der Waals surface area contributed by atoms with Crippen LogP contribution in [-0.2, 0) is 0 Å². The Kier molecular flexibility index (Phi) is 2.85. The maximum atomic E-state index is 10.1. The molecule has 0 aliphatic heterocycles. The molecule has 0 spiro atoms. The summed E-state index contributed by atoms with van der Waals surface area (Å²) < 4.78 is 5.13. The van der Waals surface area contributed by atoms with Gasteiger partial charge in [-0.15, -0.1) is 0 Å². The van der Waals surface area contributed by atoms with Crippen molar-refractivity contribution in [3.8, 4) is 22.8 Å². The van der Waals surface area contributed by atoms with Gasteiger partial charge in [-0.2, -0.15) is 5.10 Å². The number of methoxy groups -OCH3 is 1. The standard InChI is InChI=1S/C11H12ClN3O2/c1-5-7(12)3-6(10(16)11(5)17-2)8-4-9(13)15-14-8/h3-4,16H,1-2H3,(H3,13,14,15). The number of benzene rings is 1. The Hall–Kier alpha value is -1.88. The van der Waals surface area contributed by atoms with Crippen LogP contribution in [-0.4, -0.2) is 22.4 Å². The summed E-state index contributed by atoms with van der Waals surface area (Å²) in [5.41, 5.74) is 7.28. The molecule has 0 aliphatic rings. The zero-order valence-electron chi connectivity index (χ0n) is 9.41. The van der Waals surface area contributed by atoms with Gasteiger partial charge in [0, 0.05) is 22.2 Å². The zero-order chi connectivity index (χ0) is 12.6. The van der Waals surface area contributed by atoms with Crippen LogP contribution in [0.15, 0.2) is 12.1 Å². The average Bonchev–Trinajstić information content (AvgIpc) is 2.71. The van der Waals surface area contributed by atoms with E-state index >= 15 is 0 Å². The number of phenolic OH excluding ortho intramolecular Hbond substituents is 1. The van der Waals surface area contributed by atoms with E-state index < -0.39 is 0 Å². The fourth-order valence-electron chi connectivity index (χ4n) is 1.64. The molecule has 2 rings (SSSR count). The first-order valence-electron chi connectivity index (χ1n) is 4.92. The molecule has 0 amide bonds. The highest BCUT2D eigenvalue weighted by Crippen LogP contribution is 2.42. The third-order valence-electron chi connectivity index (χ3n) is 2.53. The maximum absolute atomic E-state index is 10.1. The van der Waals surface area contributed by atoms with Crippen molar-refractivity contribution in [3.05, 3.63) is 22.7 Å². The van der Waals surface area contributed by atoms with E-state index in [9.17, 15) is 5.11 Å².